The monoisotopic (exact) mass is 141 g/mol. The third-order valence-corrected chi connectivity index (χ3v) is 0.586. The van der Waals surface area contributed by atoms with Gasteiger partial charge in [0.1, 0.15) is 0 Å². The van der Waals surface area contributed by atoms with Crippen LogP contribution in [0.5, 0.6) is 0 Å². The van der Waals surface area contributed by atoms with Gasteiger partial charge in [0.25, 0.3) is 0 Å². The van der Waals surface area contributed by atoms with E-state index in [9.17, 15) is 0 Å². The molecule has 0 atom stereocenters. The summed E-state index contributed by atoms with van der Waals surface area (Å²) in [6.07, 6.45) is 10.0. The predicted molar refractivity (Wildman–Crippen MR) is 25.0 cm³/mol. The van der Waals surface area contributed by atoms with Gasteiger partial charge in [-0.25, -0.2) is 12.2 Å². The van der Waals surface area contributed by atoms with E-state index in [1.165, 1.54) is 0 Å². The zero-order valence-corrected chi connectivity index (χ0v) is 5.90. The molecule has 0 radical (unpaired) electrons. The van der Waals surface area contributed by atoms with E-state index in [1.54, 1.807) is 0 Å². The van der Waals surface area contributed by atoms with E-state index in [2.05, 4.69) is 12.2 Å². The van der Waals surface area contributed by atoms with E-state index >= 15 is 0 Å². The SMILES string of the molecule is N#N.[C-]1=CC=CC1.[Ti]. The summed E-state index contributed by atoms with van der Waals surface area (Å²) in [5, 5.41) is 12.0. The maximum absolute atomic E-state index is 6.00. The van der Waals surface area contributed by atoms with E-state index in [0.29, 0.717) is 0 Å². The zero-order valence-electron chi connectivity index (χ0n) is 4.33. The van der Waals surface area contributed by atoms with Gasteiger partial charge in [0.15, 0.2) is 0 Å². The molecule has 0 unspecified atom stereocenters. The Morgan fingerprint density at radius 1 is 1.38 bits per heavy atom. The van der Waals surface area contributed by atoms with E-state index < -0.39 is 0 Å². The second kappa shape index (κ2) is 9.79. The molecule has 0 aromatic heterocycles. The molecule has 2 nitrogen and oxygen atoms in total. The number of hydrogen-bond donors (Lipinski definition) is 0. The van der Waals surface area contributed by atoms with Gasteiger partial charge < -0.3 is 0 Å². The number of nitrogens with zero attached hydrogens (tertiary/aromatic N) is 2. The fourth-order valence-corrected chi connectivity index (χ4v) is 0.340. The summed E-state index contributed by atoms with van der Waals surface area (Å²) in [6.45, 7) is 0. The van der Waals surface area contributed by atoms with Crippen molar-refractivity contribution in [1.29, 1.82) is 10.8 Å². The summed E-state index contributed by atoms with van der Waals surface area (Å²) in [4.78, 5) is 0. The zero-order chi connectivity index (χ0) is 5.54. The minimum absolute atomic E-state index is 0. The molecule has 0 spiro atoms. The molecule has 0 aliphatic heterocycles. The summed E-state index contributed by atoms with van der Waals surface area (Å²) < 4.78 is 0. The van der Waals surface area contributed by atoms with Gasteiger partial charge in [-0.3, -0.25) is 6.08 Å². The molecule has 0 aromatic rings. The molecular weight excluding hydrogens is 136 g/mol. The molecule has 3 heteroatoms. The molecule has 8 heavy (non-hydrogen) atoms. The number of allylic oxidation sites excluding steroid dienone is 4. The van der Waals surface area contributed by atoms with E-state index in [-0.39, 0.29) is 21.7 Å². The van der Waals surface area contributed by atoms with E-state index in [1.807, 2.05) is 12.2 Å². The van der Waals surface area contributed by atoms with Crippen molar-refractivity contribution in [1.82, 2.24) is 0 Å². The van der Waals surface area contributed by atoms with Crippen LogP contribution < -0.4 is 0 Å². The van der Waals surface area contributed by atoms with Gasteiger partial charge in [0.05, 0.1) is 0 Å². The van der Waals surface area contributed by atoms with Crippen molar-refractivity contribution in [2.75, 3.05) is 0 Å². The molecule has 1 rings (SSSR count). The van der Waals surface area contributed by atoms with Crippen LogP contribution in [0.25, 0.3) is 0 Å². The van der Waals surface area contributed by atoms with Crippen LogP contribution in [0.1, 0.15) is 6.42 Å². The average Bonchev–Trinajstić information content (AvgIpc) is 2.23. The Balaban J connectivity index is 0. The average molecular weight is 141 g/mol. The number of hydrogen-bond acceptors (Lipinski definition) is 2. The van der Waals surface area contributed by atoms with Crippen LogP contribution in [0.15, 0.2) is 18.2 Å². The first-order valence-corrected chi connectivity index (χ1v) is 1.92. The fraction of sp³-hybridized carbons (Fsp3) is 0.200. The standard InChI is InChI=1S/C5H5.N2.Ti/c1-2-4-5-3-1;1-2;/h1-3H,4H2;;/q-1;;. The first kappa shape index (κ1) is 10.6. The fourth-order valence-electron chi connectivity index (χ4n) is 0.340. The first-order valence-electron chi connectivity index (χ1n) is 1.92. The molecule has 0 heterocycles. The van der Waals surface area contributed by atoms with Crippen molar-refractivity contribution in [3.8, 4) is 0 Å². The van der Waals surface area contributed by atoms with E-state index in [4.69, 9.17) is 10.8 Å². The third-order valence-electron chi connectivity index (χ3n) is 0.586. The van der Waals surface area contributed by atoms with Crippen LogP contribution >= 0.6 is 0 Å². The smallest absolute Gasteiger partial charge is 0 e. The van der Waals surface area contributed by atoms with Crippen molar-refractivity contribution in [3.63, 3.8) is 0 Å². The Kier molecular flexibility index (Phi) is 12.9. The van der Waals surface area contributed by atoms with Gasteiger partial charge in [-0.2, -0.15) is 6.08 Å². The third kappa shape index (κ3) is 5.61. The first-order chi connectivity index (χ1) is 3.50. The largest absolute Gasteiger partial charge is 0.273 e. The molecule has 0 amide bonds. The van der Waals surface area contributed by atoms with Crippen LogP contribution in [-0.2, 0) is 21.7 Å². The van der Waals surface area contributed by atoms with E-state index in [0.717, 1.165) is 6.42 Å². The molecule has 1 aliphatic carbocycles. The summed E-state index contributed by atoms with van der Waals surface area (Å²) >= 11 is 0. The van der Waals surface area contributed by atoms with Gasteiger partial charge >= 0.3 is 0 Å². The molecule has 0 bridgehead atoms. The quantitative estimate of drug-likeness (QED) is 0.290. The van der Waals surface area contributed by atoms with Gasteiger partial charge in [0.2, 0.25) is 0 Å². The topological polar surface area (TPSA) is 47.6 Å². The molecule has 0 saturated heterocycles. The Morgan fingerprint density at radius 3 is 2.12 bits per heavy atom. The molecule has 0 N–H and O–H groups in total. The maximum Gasteiger partial charge on any atom is 0 e. The molecule has 0 aromatic carbocycles. The van der Waals surface area contributed by atoms with Crippen LogP contribution in [-0.4, -0.2) is 0 Å². The Bertz CT molecular complexity index is 94.2. The van der Waals surface area contributed by atoms with Crippen molar-refractivity contribution in [3.05, 3.63) is 24.3 Å². The summed E-state index contributed by atoms with van der Waals surface area (Å²) in [6, 6.07) is 0. The summed E-state index contributed by atoms with van der Waals surface area (Å²) in [7, 11) is 0. The van der Waals surface area contributed by atoms with Gasteiger partial charge in [0, 0.05) is 32.5 Å². The number of rotatable bonds is 0. The van der Waals surface area contributed by atoms with Crippen molar-refractivity contribution in [2.45, 2.75) is 6.42 Å². The molecule has 40 valence electrons. The van der Waals surface area contributed by atoms with Crippen LogP contribution in [0.2, 0.25) is 0 Å². The Hall–Kier alpha value is -0.386. The molecule has 0 saturated carbocycles. The predicted octanol–water partition coefficient (Wildman–Crippen LogP) is 1.33. The van der Waals surface area contributed by atoms with Gasteiger partial charge in [-0.05, 0) is 0 Å². The molecule has 0 fully saturated rings. The van der Waals surface area contributed by atoms with Crippen LogP contribution in [0, 0.1) is 16.9 Å². The Labute approximate surface area is 63.6 Å². The maximum atomic E-state index is 6.00. The second-order valence-electron chi connectivity index (χ2n) is 1.00. The molecular formula is C5H5N2Ti-. The molecule has 1 aliphatic rings. The summed E-state index contributed by atoms with van der Waals surface area (Å²) in [5.74, 6) is 0. The van der Waals surface area contributed by atoms with Crippen molar-refractivity contribution < 1.29 is 21.7 Å². The minimum atomic E-state index is 0. The van der Waals surface area contributed by atoms with Crippen molar-refractivity contribution in [2.24, 2.45) is 0 Å². The second-order valence-corrected chi connectivity index (χ2v) is 1.00. The Morgan fingerprint density at radius 2 is 2.00 bits per heavy atom. The summed E-state index contributed by atoms with van der Waals surface area (Å²) in [5.41, 5.74) is 0. The van der Waals surface area contributed by atoms with Crippen LogP contribution in [0.3, 0.4) is 0 Å². The van der Waals surface area contributed by atoms with Gasteiger partial charge in [-0.1, -0.05) is 0 Å². The normalized spacial score (nSPS) is 11.2. The van der Waals surface area contributed by atoms with Crippen molar-refractivity contribution >= 4 is 0 Å². The van der Waals surface area contributed by atoms with Gasteiger partial charge in [-0.15, -0.1) is 6.42 Å². The van der Waals surface area contributed by atoms with Crippen LogP contribution in [0.4, 0.5) is 0 Å². The minimum Gasteiger partial charge on any atom is -0.273 e.